The molecule has 21 heavy (non-hydrogen) atoms. The number of para-hydroxylation sites is 1. The predicted octanol–water partition coefficient (Wildman–Crippen LogP) is 4.10. The third-order valence-electron chi connectivity index (χ3n) is 4.15. The topological polar surface area (TPSA) is 43.6 Å². The SMILES string of the molecule is BrCC1(CSc2nnnn2-c2ccccc2)CCCCC1. The standard InChI is InChI=1S/C15H19BrN4S/c16-11-15(9-5-2-6-10-15)12-21-14-17-18-19-20(14)13-7-3-1-4-8-13/h1,3-4,7-8H,2,5-6,9-12H2. The lowest BCUT2D eigenvalue weighted by Gasteiger charge is -2.35. The highest BCUT2D eigenvalue weighted by atomic mass is 79.9. The summed E-state index contributed by atoms with van der Waals surface area (Å²) >= 11 is 5.50. The Morgan fingerprint density at radius 1 is 1.14 bits per heavy atom. The first-order valence-corrected chi connectivity index (χ1v) is 9.46. The van der Waals surface area contributed by atoms with E-state index in [0.29, 0.717) is 5.41 Å². The van der Waals surface area contributed by atoms with Crippen LogP contribution >= 0.6 is 27.7 Å². The minimum atomic E-state index is 0.399. The van der Waals surface area contributed by atoms with E-state index >= 15 is 0 Å². The van der Waals surface area contributed by atoms with E-state index in [1.807, 2.05) is 35.0 Å². The second kappa shape index (κ2) is 6.92. The van der Waals surface area contributed by atoms with E-state index in [0.717, 1.165) is 21.9 Å². The molecular weight excluding hydrogens is 348 g/mol. The van der Waals surface area contributed by atoms with Gasteiger partial charge in [-0.05, 0) is 40.8 Å². The van der Waals surface area contributed by atoms with Crippen LogP contribution < -0.4 is 0 Å². The highest BCUT2D eigenvalue weighted by Gasteiger charge is 2.31. The molecule has 3 rings (SSSR count). The van der Waals surface area contributed by atoms with Gasteiger partial charge in [-0.2, -0.15) is 4.68 Å². The number of aromatic nitrogens is 4. The summed E-state index contributed by atoms with van der Waals surface area (Å²) in [6.07, 6.45) is 6.67. The molecule has 1 fully saturated rings. The monoisotopic (exact) mass is 366 g/mol. The zero-order valence-electron chi connectivity index (χ0n) is 11.9. The molecule has 1 aromatic carbocycles. The highest BCUT2D eigenvalue weighted by molar-refractivity contribution is 9.09. The Kier molecular flexibility index (Phi) is 4.95. The summed E-state index contributed by atoms with van der Waals surface area (Å²) in [4.78, 5) is 0. The Balaban J connectivity index is 1.73. The van der Waals surface area contributed by atoms with Crippen molar-refractivity contribution < 1.29 is 0 Å². The second-order valence-corrected chi connectivity index (χ2v) is 7.20. The van der Waals surface area contributed by atoms with Crippen molar-refractivity contribution in [1.82, 2.24) is 20.2 Å². The summed E-state index contributed by atoms with van der Waals surface area (Å²) in [5, 5.41) is 14.1. The normalized spacial score (nSPS) is 17.8. The van der Waals surface area contributed by atoms with Crippen molar-refractivity contribution in [2.45, 2.75) is 37.3 Å². The molecule has 1 aliphatic rings. The molecule has 0 spiro atoms. The molecule has 0 atom stereocenters. The molecule has 0 saturated heterocycles. The molecule has 0 bridgehead atoms. The van der Waals surface area contributed by atoms with Gasteiger partial charge in [-0.3, -0.25) is 0 Å². The molecule has 0 N–H and O–H groups in total. The van der Waals surface area contributed by atoms with Crippen molar-refractivity contribution in [1.29, 1.82) is 0 Å². The number of thioether (sulfide) groups is 1. The Hall–Kier alpha value is -0.880. The van der Waals surface area contributed by atoms with Gasteiger partial charge in [0.1, 0.15) is 0 Å². The summed E-state index contributed by atoms with van der Waals surface area (Å²) in [5.41, 5.74) is 1.41. The average molecular weight is 367 g/mol. The lowest BCUT2D eigenvalue weighted by Crippen LogP contribution is -2.28. The van der Waals surface area contributed by atoms with Gasteiger partial charge in [-0.25, -0.2) is 0 Å². The number of hydrogen-bond donors (Lipinski definition) is 0. The van der Waals surface area contributed by atoms with Crippen LogP contribution in [-0.2, 0) is 0 Å². The molecule has 1 heterocycles. The fourth-order valence-corrected chi connectivity index (χ4v) is 5.04. The molecule has 4 nitrogen and oxygen atoms in total. The largest absolute Gasteiger partial charge is 0.214 e. The average Bonchev–Trinajstić information content (AvgIpc) is 3.03. The molecule has 0 aliphatic heterocycles. The van der Waals surface area contributed by atoms with Crippen LogP contribution in [0.1, 0.15) is 32.1 Å². The second-order valence-electron chi connectivity index (χ2n) is 5.69. The Labute approximate surface area is 137 Å². The zero-order chi connectivity index (χ0) is 14.5. The van der Waals surface area contributed by atoms with Crippen LogP contribution in [0.5, 0.6) is 0 Å². The minimum absolute atomic E-state index is 0.399. The predicted molar refractivity (Wildman–Crippen MR) is 89.2 cm³/mol. The van der Waals surface area contributed by atoms with Crippen molar-refractivity contribution in [2.24, 2.45) is 5.41 Å². The van der Waals surface area contributed by atoms with Crippen LogP contribution in [0.4, 0.5) is 0 Å². The highest BCUT2D eigenvalue weighted by Crippen LogP contribution is 2.41. The summed E-state index contributed by atoms with van der Waals surface area (Å²) in [5.74, 6) is 1.07. The zero-order valence-corrected chi connectivity index (χ0v) is 14.3. The molecule has 6 heteroatoms. The third kappa shape index (κ3) is 3.48. The van der Waals surface area contributed by atoms with Crippen molar-refractivity contribution >= 4 is 27.7 Å². The Morgan fingerprint density at radius 3 is 2.62 bits per heavy atom. The quantitative estimate of drug-likeness (QED) is 0.590. The van der Waals surface area contributed by atoms with Crippen LogP contribution in [0.25, 0.3) is 5.69 Å². The maximum absolute atomic E-state index is 4.19. The smallest absolute Gasteiger partial charge is 0.188 e. The minimum Gasteiger partial charge on any atom is -0.188 e. The molecule has 1 aromatic heterocycles. The Bertz CT molecular complexity index is 566. The number of halogens is 1. The molecule has 112 valence electrons. The molecule has 0 unspecified atom stereocenters. The number of nitrogens with zero attached hydrogens (tertiary/aromatic N) is 4. The van der Waals surface area contributed by atoms with Crippen LogP contribution in [0.2, 0.25) is 0 Å². The van der Waals surface area contributed by atoms with Crippen LogP contribution in [0.15, 0.2) is 35.5 Å². The molecular formula is C15H19BrN4S. The van der Waals surface area contributed by atoms with Crippen LogP contribution in [0.3, 0.4) is 0 Å². The fourth-order valence-electron chi connectivity index (χ4n) is 2.84. The van der Waals surface area contributed by atoms with Gasteiger partial charge in [0.2, 0.25) is 5.16 Å². The van der Waals surface area contributed by atoms with Crippen molar-refractivity contribution in [3.63, 3.8) is 0 Å². The van der Waals surface area contributed by atoms with Gasteiger partial charge in [0.05, 0.1) is 5.69 Å². The third-order valence-corrected chi connectivity index (χ3v) is 6.61. The molecule has 2 aromatic rings. The van der Waals surface area contributed by atoms with E-state index in [4.69, 9.17) is 0 Å². The number of rotatable bonds is 5. The lowest BCUT2D eigenvalue weighted by molar-refractivity contribution is 0.260. The summed E-state index contributed by atoms with van der Waals surface area (Å²) in [6, 6.07) is 10.1. The van der Waals surface area contributed by atoms with Crippen LogP contribution in [0, 0.1) is 5.41 Å². The first kappa shape index (κ1) is 15.0. The number of tetrazole rings is 1. The maximum Gasteiger partial charge on any atom is 0.214 e. The van der Waals surface area contributed by atoms with Crippen molar-refractivity contribution in [3.8, 4) is 5.69 Å². The number of alkyl halides is 1. The van der Waals surface area contributed by atoms with E-state index in [1.54, 1.807) is 11.8 Å². The number of benzene rings is 1. The number of hydrogen-bond acceptors (Lipinski definition) is 4. The van der Waals surface area contributed by atoms with E-state index < -0.39 is 0 Å². The van der Waals surface area contributed by atoms with E-state index in [-0.39, 0.29) is 0 Å². The fraction of sp³-hybridized carbons (Fsp3) is 0.533. The van der Waals surface area contributed by atoms with Gasteiger partial charge in [-0.1, -0.05) is 65.2 Å². The van der Waals surface area contributed by atoms with E-state index in [9.17, 15) is 0 Å². The van der Waals surface area contributed by atoms with Gasteiger partial charge in [0.25, 0.3) is 0 Å². The van der Waals surface area contributed by atoms with Gasteiger partial charge in [0, 0.05) is 11.1 Å². The summed E-state index contributed by atoms with van der Waals surface area (Å²) in [7, 11) is 0. The lowest BCUT2D eigenvalue weighted by atomic mass is 9.77. The van der Waals surface area contributed by atoms with E-state index in [2.05, 4.69) is 31.5 Å². The maximum atomic E-state index is 4.19. The first-order valence-electron chi connectivity index (χ1n) is 7.36. The molecule has 0 amide bonds. The summed E-state index contributed by atoms with van der Waals surface area (Å²) in [6.45, 7) is 0. The molecule has 1 aliphatic carbocycles. The van der Waals surface area contributed by atoms with Gasteiger partial charge >= 0.3 is 0 Å². The first-order chi connectivity index (χ1) is 10.3. The van der Waals surface area contributed by atoms with Gasteiger partial charge in [0.15, 0.2) is 0 Å². The van der Waals surface area contributed by atoms with Crippen LogP contribution in [-0.4, -0.2) is 31.3 Å². The Morgan fingerprint density at radius 2 is 1.90 bits per heavy atom. The van der Waals surface area contributed by atoms with Crippen molar-refractivity contribution in [2.75, 3.05) is 11.1 Å². The van der Waals surface area contributed by atoms with Gasteiger partial charge < -0.3 is 0 Å². The van der Waals surface area contributed by atoms with Crippen molar-refractivity contribution in [3.05, 3.63) is 30.3 Å². The summed E-state index contributed by atoms with van der Waals surface area (Å²) < 4.78 is 1.83. The van der Waals surface area contributed by atoms with E-state index in [1.165, 1.54) is 32.1 Å². The van der Waals surface area contributed by atoms with Gasteiger partial charge in [-0.15, -0.1) is 5.10 Å². The molecule has 1 saturated carbocycles. The molecule has 0 radical (unpaired) electrons.